The summed E-state index contributed by atoms with van der Waals surface area (Å²) in [4.78, 5) is 21.0. The van der Waals surface area contributed by atoms with Crippen molar-refractivity contribution >= 4 is 17.4 Å². The van der Waals surface area contributed by atoms with Crippen LogP contribution in [0.25, 0.3) is 0 Å². The molecule has 158 valence electrons. The van der Waals surface area contributed by atoms with Gasteiger partial charge in [-0.1, -0.05) is 12.1 Å². The van der Waals surface area contributed by atoms with Gasteiger partial charge >= 0.3 is 6.18 Å². The molecule has 10 heteroatoms. The Bertz CT molecular complexity index is 978. The number of rotatable bonds is 5. The van der Waals surface area contributed by atoms with Crippen molar-refractivity contribution in [3.8, 4) is 5.75 Å². The summed E-state index contributed by atoms with van der Waals surface area (Å²) in [6.07, 6.45) is -2.54. The van der Waals surface area contributed by atoms with Gasteiger partial charge in [0, 0.05) is 11.6 Å². The summed E-state index contributed by atoms with van der Waals surface area (Å²) in [6.45, 7) is -0.537. The number of pyridine rings is 1. The molecule has 0 saturated heterocycles. The second-order valence-electron chi connectivity index (χ2n) is 7.26. The number of carbonyl (C=O) groups excluding carboxylic acids is 1. The van der Waals surface area contributed by atoms with E-state index in [4.69, 9.17) is 10.5 Å². The van der Waals surface area contributed by atoms with Crippen molar-refractivity contribution in [2.24, 2.45) is 16.6 Å². The van der Waals surface area contributed by atoms with E-state index in [1.807, 2.05) is 18.2 Å². The molecule has 4 rings (SSSR count). The second-order valence-corrected chi connectivity index (χ2v) is 7.26. The second kappa shape index (κ2) is 7.60. The number of fused-ring (bicyclic) bond motifs is 1. The van der Waals surface area contributed by atoms with Gasteiger partial charge in [0.15, 0.2) is 6.61 Å². The first-order chi connectivity index (χ1) is 14.2. The molecule has 7 nitrogen and oxygen atoms in total. The average Bonchev–Trinajstić information content (AvgIpc) is 3.41. The lowest BCUT2D eigenvalue weighted by molar-refractivity contribution is -0.153. The van der Waals surface area contributed by atoms with E-state index in [-0.39, 0.29) is 17.4 Å². The monoisotopic (exact) mass is 420 g/mol. The molecule has 1 saturated carbocycles. The van der Waals surface area contributed by atoms with E-state index in [9.17, 15) is 18.0 Å². The maximum absolute atomic E-state index is 12.5. The zero-order chi connectivity index (χ0) is 21.4. The summed E-state index contributed by atoms with van der Waals surface area (Å²) in [6, 6.07) is 9.88. The Kier molecular flexibility index (Phi) is 5.10. The summed E-state index contributed by atoms with van der Waals surface area (Å²) in [5.41, 5.74) is 7.01. The number of nitrogens with one attached hydrogen (secondary N) is 1. The largest absolute Gasteiger partial charge is 0.483 e. The number of hydrogen-bond donors (Lipinski definition) is 2. The molecular formula is C20H19F3N4O3. The van der Waals surface area contributed by atoms with Crippen molar-refractivity contribution in [2.45, 2.75) is 18.1 Å². The number of aromatic nitrogens is 1. The Morgan fingerprint density at radius 2 is 2.17 bits per heavy atom. The number of alkyl halides is 3. The molecule has 2 aliphatic rings. The number of nitrogens with zero attached hydrogens (tertiary/aromatic N) is 2. The van der Waals surface area contributed by atoms with Gasteiger partial charge in [0.25, 0.3) is 5.91 Å². The molecule has 1 amide bonds. The summed E-state index contributed by atoms with van der Waals surface area (Å²) < 4.78 is 46.7. The molecule has 0 radical (unpaired) electrons. The SMILES string of the molecule is NC1=NC2(c3cccc(NC(=O)c4ccc(OCC(F)(F)F)cn4)c3)CC2COC1. The van der Waals surface area contributed by atoms with Gasteiger partial charge in [-0.2, -0.15) is 13.2 Å². The summed E-state index contributed by atoms with van der Waals surface area (Å²) in [5, 5.41) is 2.74. The highest BCUT2D eigenvalue weighted by molar-refractivity contribution is 6.02. The van der Waals surface area contributed by atoms with Gasteiger partial charge in [-0.25, -0.2) is 4.98 Å². The molecule has 2 unspecified atom stereocenters. The van der Waals surface area contributed by atoms with Crippen molar-refractivity contribution < 1.29 is 27.4 Å². The van der Waals surface area contributed by atoms with E-state index in [0.29, 0.717) is 24.7 Å². The minimum Gasteiger partial charge on any atom is -0.483 e. The van der Waals surface area contributed by atoms with Crippen molar-refractivity contribution in [1.82, 2.24) is 4.98 Å². The van der Waals surface area contributed by atoms with Crippen LogP contribution in [0.2, 0.25) is 0 Å². The van der Waals surface area contributed by atoms with Gasteiger partial charge < -0.3 is 20.5 Å². The predicted molar refractivity (Wildman–Crippen MR) is 102 cm³/mol. The van der Waals surface area contributed by atoms with Crippen LogP contribution in [0.5, 0.6) is 5.75 Å². The zero-order valence-electron chi connectivity index (χ0n) is 15.8. The molecule has 2 heterocycles. The highest BCUT2D eigenvalue weighted by Gasteiger charge is 2.56. The number of amides is 1. The molecule has 30 heavy (non-hydrogen) atoms. The fourth-order valence-electron chi connectivity index (χ4n) is 3.49. The minimum absolute atomic E-state index is 0.0485. The molecule has 0 bridgehead atoms. The number of amidine groups is 1. The molecule has 2 atom stereocenters. The number of hydrogen-bond acceptors (Lipinski definition) is 6. The van der Waals surface area contributed by atoms with E-state index in [0.717, 1.165) is 18.2 Å². The number of anilines is 1. The smallest absolute Gasteiger partial charge is 0.422 e. The molecule has 1 aliphatic heterocycles. The Hall–Kier alpha value is -3.14. The van der Waals surface area contributed by atoms with Gasteiger partial charge in [-0.3, -0.25) is 9.79 Å². The van der Waals surface area contributed by atoms with E-state index < -0.39 is 24.2 Å². The van der Waals surface area contributed by atoms with Crippen molar-refractivity contribution in [3.05, 3.63) is 53.9 Å². The highest BCUT2D eigenvalue weighted by atomic mass is 19.4. The fraction of sp³-hybridized carbons (Fsp3) is 0.350. The number of halogens is 3. The van der Waals surface area contributed by atoms with Gasteiger partial charge in [0.2, 0.25) is 0 Å². The van der Waals surface area contributed by atoms with Crippen LogP contribution in [-0.4, -0.2) is 42.7 Å². The Balaban J connectivity index is 1.44. The van der Waals surface area contributed by atoms with Crippen LogP contribution < -0.4 is 15.8 Å². The molecule has 0 spiro atoms. The lowest BCUT2D eigenvalue weighted by atomic mass is 10.0. The normalized spacial score (nSPS) is 23.0. The molecule has 1 fully saturated rings. The first kappa shape index (κ1) is 20.1. The van der Waals surface area contributed by atoms with E-state index in [2.05, 4.69) is 20.0 Å². The van der Waals surface area contributed by atoms with Crippen molar-refractivity contribution in [3.63, 3.8) is 0 Å². The van der Waals surface area contributed by atoms with Crippen LogP contribution in [0.15, 0.2) is 47.6 Å². The van der Waals surface area contributed by atoms with Crippen LogP contribution in [0.1, 0.15) is 22.5 Å². The quantitative estimate of drug-likeness (QED) is 0.775. The van der Waals surface area contributed by atoms with E-state index in [1.165, 1.54) is 12.1 Å². The number of carbonyl (C=O) groups is 1. The maximum Gasteiger partial charge on any atom is 0.422 e. The number of nitrogens with two attached hydrogens (primary N) is 1. The third-order valence-corrected chi connectivity index (χ3v) is 4.98. The maximum atomic E-state index is 12.5. The van der Waals surface area contributed by atoms with E-state index in [1.54, 1.807) is 6.07 Å². The first-order valence-electron chi connectivity index (χ1n) is 9.25. The number of ether oxygens (including phenoxy) is 2. The Labute approximate surface area is 170 Å². The van der Waals surface area contributed by atoms with Crippen LogP contribution in [0, 0.1) is 5.92 Å². The molecular weight excluding hydrogens is 401 g/mol. The summed E-state index contributed by atoms with van der Waals surface area (Å²) in [5.74, 6) is 0.124. The number of benzene rings is 1. The standard InChI is InChI=1S/C20H19F3N4O3/c21-20(22,23)11-30-15-4-5-16(25-8-15)18(28)26-14-3-1-2-12(6-14)19-7-13(19)9-29-10-17(24)27-19/h1-6,8,13H,7,9-11H2,(H2,24,27)(H,26,28). The molecule has 3 N–H and O–H groups in total. The Morgan fingerprint density at radius 1 is 1.33 bits per heavy atom. The predicted octanol–water partition coefficient (Wildman–Crippen LogP) is 2.88. The minimum atomic E-state index is -4.45. The van der Waals surface area contributed by atoms with Crippen LogP contribution >= 0.6 is 0 Å². The van der Waals surface area contributed by atoms with Crippen molar-refractivity contribution in [1.29, 1.82) is 0 Å². The molecule has 1 aromatic carbocycles. The van der Waals surface area contributed by atoms with Gasteiger partial charge in [0.1, 0.15) is 23.9 Å². The molecule has 2 aromatic rings. The number of aliphatic imine (C=N–C) groups is 1. The third kappa shape index (κ3) is 4.38. The topological polar surface area (TPSA) is 98.8 Å². The van der Waals surface area contributed by atoms with E-state index >= 15 is 0 Å². The third-order valence-electron chi connectivity index (χ3n) is 4.98. The van der Waals surface area contributed by atoms with Crippen LogP contribution in [-0.2, 0) is 10.3 Å². The van der Waals surface area contributed by atoms with Crippen molar-refractivity contribution in [2.75, 3.05) is 25.1 Å². The van der Waals surface area contributed by atoms with Crippen LogP contribution in [0.4, 0.5) is 18.9 Å². The summed E-state index contributed by atoms with van der Waals surface area (Å²) >= 11 is 0. The lowest BCUT2D eigenvalue weighted by Crippen LogP contribution is -2.20. The first-order valence-corrected chi connectivity index (χ1v) is 9.25. The Morgan fingerprint density at radius 3 is 2.90 bits per heavy atom. The van der Waals surface area contributed by atoms with Crippen LogP contribution in [0.3, 0.4) is 0 Å². The molecule has 1 aromatic heterocycles. The van der Waals surface area contributed by atoms with Gasteiger partial charge in [0.05, 0.1) is 18.3 Å². The highest BCUT2D eigenvalue weighted by Crippen LogP contribution is 2.56. The lowest BCUT2D eigenvalue weighted by Gasteiger charge is -2.14. The molecule has 1 aliphatic carbocycles. The average molecular weight is 420 g/mol. The fourth-order valence-corrected chi connectivity index (χ4v) is 3.49. The zero-order valence-corrected chi connectivity index (χ0v) is 15.8. The van der Waals surface area contributed by atoms with Gasteiger partial charge in [-0.15, -0.1) is 0 Å². The van der Waals surface area contributed by atoms with Gasteiger partial charge in [-0.05, 0) is 36.2 Å². The summed E-state index contributed by atoms with van der Waals surface area (Å²) in [7, 11) is 0.